The predicted octanol–water partition coefficient (Wildman–Crippen LogP) is 2.37. The number of hydrogen-bond acceptors (Lipinski definition) is 4. The van der Waals surface area contributed by atoms with Crippen LogP contribution in [0.25, 0.3) is 10.8 Å². The number of carboxylic acid groups (broad SMARTS) is 1. The highest BCUT2D eigenvalue weighted by Gasteiger charge is 2.12. The van der Waals surface area contributed by atoms with Crippen LogP contribution >= 0.6 is 12.6 Å². The molecule has 0 spiro atoms. The van der Waals surface area contributed by atoms with Crippen LogP contribution in [0.1, 0.15) is 10.4 Å². The highest BCUT2D eigenvalue weighted by Crippen LogP contribution is 2.28. The van der Waals surface area contributed by atoms with Gasteiger partial charge in [-0.3, -0.25) is 4.79 Å². The number of ether oxygens (including phenoxy) is 1. The SMILES string of the molecule is O=C(CS)Oc1cccc2c(C(=O)O)cccc12. The van der Waals surface area contributed by atoms with Crippen LogP contribution in [-0.4, -0.2) is 22.8 Å². The van der Waals surface area contributed by atoms with Gasteiger partial charge in [0.1, 0.15) is 5.75 Å². The van der Waals surface area contributed by atoms with Crippen molar-refractivity contribution in [1.82, 2.24) is 0 Å². The third-order valence-corrected chi connectivity index (χ3v) is 2.72. The zero-order valence-corrected chi connectivity index (χ0v) is 10.2. The van der Waals surface area contributed by atoms with E-state index in [1.165, 1.54) is 6.07 Å². The van der Waals surface area contributed by atoms with Crippen LogP contribution in [0, 0.1) is 0 Å². The van der Waals surface area contributed by atoms with Crippen molar-refractivity contribution in [3.8, 4) is 5.75 Å². The molecule has 4 nitrogen and oxygen atoms in total. The molecule has 0 fully saturated rings. The van der Waals surface area contributed by atoms with Gasteiger partial charge in [0.15, 0.2) is 0 Å². The van der Waals surface area contributed by atoms with Crippen LogP contribution in [0.15, 0.2) is 36.4 Å². The van der Waals surface area contributed by atoms with Crippen LogP contribution in [0.3, 0.4) is 0 Å². The topological polar surface area (TPSA) is 63.6 Å². The first-order chi connectivity index (χ1) is 8.63. The maximum absolute atomic E-state index is 11.2. The molecule has 0 heterocycles. The summed E-state index contributed by atoms with van der Waals surface area (Å²) in [4.78, 5) is 22.3. The summed E-state index contributed by atoms with van der Waals surface area (Å²) in [5.74, 6) is -1.19. The normalized spacial score (nSPS) is 10.3. The number of fused-ring (bicyclic) bond motifs is 1. The smallest absolute Gasteiger partial charge is 0.336 e. The zero-order chi connectivity index (χ0) is 13.1. The summed E-state index contributed by atoms with van der Waals surface area (Å²) in [7, 11) is 0. The van der Waals surface area contributed by atoms with Gasteiger partial charge in [-0.25, -0.2) is 4.79 Å². The van der Waals surface area contributed by atoms with E-state index in [1.807, 2.05) is 0 Å². The van der Waals surface area contributed by atoms with Crippen LogP contribution < -0.4 is 4.74 Å². The van der Waals surface area contributed by atoms with E-state index >= 15 is 0 Å². The Morgan fingerprint density at radius 1 is 1.11 bits per heavy atom. The second kappa shape index (κ2) is 5.10. The van der Waals surface area contributed by atoms with Crippen molar-refractivity contribution >= 4 is 35.3 Å². The number of carbonyl (C=O) groups is 2. The Hall–Kier alpha value is -2.01. The lowest BCUT2D eigenvalue weighted by molar-refractivity contribution is -0.131. The van der Waals surface area contributed by atoms with Crippen LogP contribution in [0.2, 0.25) is 0 Å². The maximum Gasteiger partial charge on any atom is 0.336 e. The van der Waals surface area contributed by atoms with Gasteiger partial charge in [-0.2, -0.15) is 12.6 Å². The monoisotopic (exact) mass is 262 g/mol. The second-order valence-corrected chi connectivity index (χ2v) is 3.91. The van der Waals surface area contributed by atoms with Crippen LogP contribution in [-0.2, 0) is 4.79 Å². The highest BCUT2D eigenvalue weighted by atomic mass is 32.1. The fourth-order valence-electron chi connectivity index (χ4n) is 1.71. The molecule has 5 heteroatoms. The Bertz CT molecular complexity index is 621. The average molecular weight is 262 g/mol. The molecule has 0 atom stereocenters. The molecule has 0 amide bonds. The number of carbonyl (C=O) groups excluding carboxylic acids is 1. The molecule has 18 heavy (non-hydrogen) atoms. The van der Waals surface area contributed by atoms with E-state index < -0.39 is 11.9 Å². The second-order valence-electron chi connectivity index (χ2n) is 3.59. The highest BCUT2D eigenvalue weighted by molar-refractivity contribution is 7.81. The van der Waals surface area contributed by atoms with Crippen molar-refractivity contribution in [2.75, 3.05) is 5.75 Å². The van der Waals surface area contributed by atoms with E-state index in [-0.39, 0.29) is 11.3 Å². The maximum atomic E-state index is 11.2. The van der Waals surface area contributed by atoms with Gasteiger partial charge in [-0.05, 0) is 17.5 Å². The standard InChI is InChI=1S/C13H10O4S/c14-12(7-18)17-11-6-2-3-8-9(11)4-1-5-10(8)13(15)16/h1-6,18H,7H2,(H,15,16). The minimum absolute atomic E-state index is 0.0327. The first kappa shape index (κ1) is 12.4. The predicted molar refractivity (Wildman–Crippen MR) is 70.4 cm³/mol. The fourth-order valence-corrected chi connectivity index (χ4v) is 1.78. The summed E-state index contributed by atoms with van der Waals surface area (Å²) in [5.41, 5.74) is 0.177. The summed E-state index contributed by atoms with van der Waals surface area (Å²) in [6.07, 6.45) is 0. The van der Waals surface area contributed by atoms with Gasteiger partial charge >= 0.3 is 11.9 Å². The third kappa shape index (κ3) is 2.31. The first-order valence-electron chi connectivity index (χ1n) is 5.20. The van der Waals surface area contributed by atoms with Crippen LogP contribution in [0.5, 0.6) is 5.75 Å². The largest absolute Gasteiger partial charge is 0.478 e. The Morgan fingerprint density at radius 3 is 2.44 bits per heavy atom. The van der Waals surface area contributed by atoms with Crippen molar-refractivity contribution in [1.29, 1.82) is 0 Å². The Labute approximate surface area is 109 Å². The molecular formula is C13H10O4S. The lowest BCUT2D eigenvalue weighted by atomic mass is 10.0. The van der Waals surface area contributed by atoms with Gasteiger partial charge in [0.05, 0.1) is 11.3 Å². The quantitative estimate of drug-likeness (QED) is 0.506. The fraction of sp³-hybridized carbons (Fsp3) is 0.0769. The molecule has 1 N–H and O–H groups in total. The Kier molecular flexibility index (Phi) is 3.53. The molecule has 2 aromatic carbocycles. The van der Waals surface area contributed by atoms with Crippen molar-refractivity contribution < 1.29 is 19.4 Å². The number of aromatic carboxylic acids is 1. The molecule has 0 unspecified atom stereocenters. The lowest BCUT2D eigenvalue weighted by Gasteiger charge is -2.08. The molecule has 0 saturated carbocycles. The van der Waals surface area contributed by atoms with E-state index in [0.29, 0.717) is 16.5 Å². The van der Waals surface area contributed by atoms with Gasteiger partial charge in [-0.15, -0.1) is 0 Å². The molecule has 0 aliphatic heterocycles. The summed E-state index contributed by atoms with van der Waals surface area (Å²) in [6, 6.07) is 9.78. The average Bonchev–Trinajstić information content (AvgIpc) is 2.38. The summed E-state index contributed by atoms with van der Waals surface area (Å²) >= 11 is 3.82. The Balaban J connectivity index is 2.60. The van der Waals surface area contributed by atoms with E-state index in [0.717, 1.165) is 0 Å². The summed E-state index contributed by atoms with van der Waals surface area (Å²) in [5, 5.41) is 10.2. The molecule has 0 aliphatic carbocycles. The molecular weight excluding hydrogens is 252 g/mol. The lowest BCUT2D eigenvalue weighted by Crippen LogP contribution is -2.09. The van der Waals surface area contributed by atoms with Gasteiger partial charge in [0, 0.05) is 5.39 Å². The number of esters is 1. The molecule has 0 aliphatic rings. The van der Waals surface area contributed by atoms with Crippen LogP contribution in [0.4, 0.5) is 0 Å². The molecule has 2 rings (SSSR count). The van der Waals surface area contributed by atoms with E-state index in [2.05, 4.69) is 12.6 Å². The van der Waals surface area contributed by atoms with Crippen molar-refractivity contribution in [2.24, 2.45) is 0 Å². The van der Waals surface area contributed by atoms with E-state index in [1.54, 1.807) is 30.3 Å². The molecule has 2 aromatic rings. The first-order valence-corrected chi connectivity index (χ1v) is 5.83. The van der Waals surface area contributed by atoms with Gasteiger partial charge in [-0.1, -0.05) is 24.3 Å². The third-order valence-electron chi connectivity index (χ3n) is 2.47. The Morgan fingerprint density at radius 2 is 1.78 bits per heavy atom. The number of rotatable bonds is 3. The summed E-state index contributed by atoms with van der Waals surface area (Å²) < 4.78 is 5.10. The zero-order valence-electron chi connectivity index (χ0n) is 9.29. The van der Waals surface area contributed by atoms with Gasteiger partial charge in [0.2, 0.25) is 0 Å². The van der Waals surface area contributed by atoms with Crippen molar-refractivity contribution in [3.05, 3.63) is 42.0 Å². The number of carboxylic acids is 1. The molecule has 0 radical (unpaired) electrons. The van der Waals surface area contributed by atoms with Crippen molar-refractivity contribution in [3.63, 3.8) is 0 Å². The molecule has 92 valence electrons. The number of hydrogen-bond donors (Lipinski definition) is 2. The van der Waals surface area contributed by atoms with Gasteiger partial charge < -0.3 is 9.84 Å². The van der Waals surface area contributed by atoms with E-state index in [4.69, 9.17) is 9.84 Å². The minimum atomic E-state index is -1.02. The molecule has 0 bridgehead atoms. The summed E-state index contributed by atoms with van der Waals surface area (Å²) in [6.45, 7) is 0. The minimum Gasteiger partial charge on any atom is -0.478 e. The number of benzene rings is 2. The molecule has 0 saturated heterocycles. The van der Waals surface area contributed by atoms with E-state index in [9.17, 15) is 9.59 Å². The van der Waals surface area contributed by atoms with Crippen molar-refractivity contribution in [2.45, 2.75) is 0 Å². The molecule has 0 aromatic heterocycles. The van der Waals surface area contributed by atoms with Gasteiger partial charge in [0.25, 0.3) is 0 Å². The number of thiol groups is 1.